The number of amides is 2. The lowest BCUT2D eigenvalue weighted by molar-refractivity contribution is -0.0237. The van der Waals surface area contributed by atoms with E-state index in [0.29, 0.717) is 18.6 Å². The maximum absolute atomic E-state index is 12.3. The number of aromatic hydroxyl groups is 1. The van der Waals surface area contributed by atoms with Crippen molar-refractivity contribution >= 4 is 6.03 Å². The molecule has 2 aliphatic heterocycles. The molecule has 0 radical (unpaired) electrons. The summed E-state index contributed by atoms with van der Waals surface area (Å²) in [6, 6.07) is 11.7. The summed E-state index contributed by atoms with van der Waals surface area (Å²) in [5.74, 6) is 0.887. The number of hydrogen-bond donors (Lipinski definition) is 3. The number of urea groups is 1. The minimum absolute atomic E-state index is 0.0726. The van der Waals surface area contributed by atoms with Gasteiger partial charge in [0.2, 0.25) is 0 Å². The molecule has 0 aliphatic carbocycles. The number of carbonyl (C=O) groups is 1. The number of rotatable bonds is 1. The van der Waals surface area contributed by atoms with E-state index in [9.17, 15) is 9.90 Å². The minimum atomic E-state index is -0.812. The second-order valence-electron chi connectivity index (χ2n) is 8.58. The van der Waals surface area contributed by atoms with Crippen LogP contribution >= 0.6 is 0 Å². The Morgan fingerprint density at radius 3 is 2.63 bits per heavy atom. The highest BCUT2D eigenvalue weighted by Gasteiger charge is 2.50. The lowest BCUT2D eigenvalue weighted by Gasteiger charge is -2.49. The van der Waals surface area contributed by atoms with Crippen LogP contribution in [-0.4, -0.2) is 22.4 Å². The summed E-state index contributed by atoms with van der Waals surface area (Å²) in [6.07, 6.45) is 1.27. The summed E-state index contributed by atoms with van der Waals surface area (Å²) in [6.45, 7) is 8.08. The number of carbonyl (C=O) groups excluding carboxylic acids is 1. The maximum Gasteiger partial charge on any atom is 0.318 e. The van der Waals surface area contributed by atoms with Crippen LogP contribution in [0.1, 0.15) is 54.9 Å². The second-order valence-corrected chi connectivity index (χ2v) is 8.58. The largest absolute Gasteiger partial charge is 0.508 e. The fourth-order valence-electron chi connectivity index (χ4n) is 4.67. The van der Waals surface area contributed by atoms with Gasteiger partial charge in [0.15, 0.2) is 5.72 Å². The quantitative estimate of drug-likeness (QED) is 0.711. The van der Waals surface area contributed by atoms with Gasteiger partial charge in [0.1, 0.15) is 11.5 Å². The lowest BCUT2D eigenvalue weighted by atomic mass is 9.76. The summed E-state index contributed by atoms with van der Waals surface area (Å²) >= 11 is 0. The van der Waals surface area contributed by atoms with Gasteiger partial charge in [-0.25, -0.2) is 4.79 Å². The molecule has 2 aromatic rings. The van der Waals surface area contributed by atoms with Crippen molar-refractivity contribution in [3.63, 3.8) is 0 Å². The lowest BCUT2D eigenvalue weighted by Crippen LogP contribution is -2.69. The van der Waals surface area contributed by atoms with E-state index in [4.69, 9.17) is 4.74 Å². The Morgan fingerprint density at radius 2 is 1.93 bits per heavy atom. The molecule has 2 unspecified atom stereocenters. The van der Waals surface area contributed by atoms with Crippen LogP contribution in [0.5, 0.6) is 11.5 Å². The SMILES string of the molecule is Cc1cccc(C2CC3(CC(C)(C)NC(=O)N3)Oc3cc(O)cc(C)c32)c1. The van der Waals surface area contributed by atoms with Gasteiger partial charge < -0.3 is 20.5 Å². The van der Waals surface area contributed by atoms with Gasteiger partial charge in [0, 0.05) is 35.9 Å². The third-order valence-electron chi connectivity index (χ3n) is 5.49. The van der Waals surface area contributed by atoms with E-state index < -0.39 is 5.72 Å². The van der Waals surface area contributed by atoms with Crippen LogP contribution in [0.3, 0.4) is 0 Å². The summed E-state index contributed by atoms with van der Waals surface area (Å²) in [7, 11) is 0. The molecule has 0 aromatic heterocycles. The van der Waals surface area contributed by atoms with Crippen LogP contribution in [0.4, 0.5) is 4.79 Å². The average Bonchev–Trinajstić information content (AvgIpc) is 2.51. The third-order valence-corrected chi connectivity index (χ3v) is 5.49. The Morgan fingerprint density at radius 1 is 1.15 bits per heavy atom. The molecule has 2 atom stereocenters. The van der Waals surface area contributed by atoms with E-state index in [-0.39, 0.29) is 23.2 Å². The molecule has 0 bridgehead atoms. The number of fused-ring (bicyclic) bond motifs is 1. The van der Waals surface area contributed by atoms with Crippen molar-refractivity contribution in [2.45, 2.75) is 57.7 Å². The van der Waals surface area contributed by atoms with Gasteiger partial charge in [-0.05, 0) is 44.9 Å². The van der Waals surface area contributed by atoms with Crippen molar-refractivity contribution in [2.75, 3.05) is 0 Å². The van der Waals surface area contributed by atoms with E-state index in [0.717, 1.165) is 11.1 Å². The zero-order chi connectivity index (χ0) is 19.4. The van der Waals surface area contributed by atoms with E-state index in [1.165, 1.54) is 11.1 Å². The molecular formula is C22H26N2O3. The van der Waals surface area contributed by atoms with Gasteiger partial charge in [-0.2, -0.15) is 0 Å². The molecule has 2 heterocycles. The van der Waals surface area contributed by atoms with E-state index in [1.54, 1.807) is 12.1 Å². The molecule has 3 N–H and O–H groups in total. The smallest absolute Gasteiger partial charge is 0.318 e. The van der Waals surface area contributed by atoms with Crippen molar-refractivity contribution in [1.82, 2.24) is 10.6 Å². The summed E-state index contributed by atoms with van der Waals surface area (Å²) in [5.41, 5.74) is 3.26. The van der Waals surface area contributed by atoms with E-state index >= 15 is 0 Å². The molecule has 1 saturated heterocycles. The van der Waals surface area contributed by atoms with Gasteiger partial charge >= 0.3 is 6.03 Å². The number of phenolic OH excluding ortho intramolecular Hbond substituents is 1. The van der Waals surface area contributed by atoms with Gasteiger partial charge in [0.25, 0.3) is 0 Å². The van der Waals surface area contributed by atoms with Crippen LogP contribution in [0, 0.1) is 13.8 Å². The average molecular weight is 366 g/mol. The molecule has 1 fully saturated rings. The zero-order valence-corrected chi connectivity index (χ0v) is 16.2. The normalized spacial score (nSPS) is 25.9. The number of phenols is 1. The molecule has 0 saturated carbocycles. The Bertz CT molecular complexity index is 922. The van der Waals surface area contributed by atoms with E-state index in [1.807, 2.05) is 20.8 Å². The van der Waals surface area contributed by atoms with Crippen molar-refractivity contribution in [3.8, 4) is 11.5 Å². The van der Waals surface area contributed by atoms with Crippen LogP contribution in [-0.2, 0) is 0 Å². The first-order valence-electron chi connectivity index (χ1n) is 9.36. The first kappa shape index (κ1) is 17.7. The predicted molar refractivity (Wildman–Crippen MR) is 104 cm³/mol. The fraction of sp³-hybridized carbons (Fsp3) is 0.409. The molecule has 5 nitrogen and oxygen atoms in total. The summed E-state index contributed by atoms with van der Waals surface area (Å²) in [5, 5.41) is 16.1. The second kappa shape index (κ2) is 5.91. The van der Waals surface area contributed by atoms with Crippen LogP contribution < -0.4 is 15.4 Å². The van der Waals surface area contributed by atoms with Crippen molar-refractivity contribution in [2.24, 2.45) is 0 Å². The molecule has 5 heteroatoms. The van der Waals surface area contributed by atoms with E-state index in [2.05, 4.69) is 41.8 Å². The minimum Gasteiger partial charge on any atom is -0.508 e. The number of nitrogens with one attached hydrogen (secondary N) is 2. The molecule has 2 aliphatic rings. The highest BCUT2D eigenvalue weighted by molar-refractivity contribution is 5.77. The predicted octanol–water partition coefficient (Wildman–Crippen LogP) is 4.10. The first-order valence-corrected chi connectivity index (χ1v) is 9.36. The monoisotopic (exact) mass is 366 g/mol. The summed E-state index contributed by atoms with van der Waals surface area (Å²) < 4.78 is 6.38. The zero-order valence-electron chi connectivity index (χ0n) is 16.2. The maximum atomic E-state index is 12.3. The Balaban J connectivity index is 1.87. The van der Waals surface area contributed by atoms with Crippen LogP contribution in [0.2, 0.25) is 0 Å². The fourth-order valence-corrected chi connectivity index (χ4v) is 4.67. The molecule has 4 rings (SSSR count). The highest BCUT2D eigenvalue weighted by atomic mass is 16.5. The van der Waals surface area contributed by atoms with Crippen molar-refractivity contribution in [1.29, 1.82) is 0 Å². The highest BCUT2D eigenvalue weighted by Crippen LogP contribution is 2.49. The Hall–Kier alpha value is -2.69. The van der Waals surface area contributed by atoms with Gasteiger partial charge in [0.05, 0.1) is 0 Å². The molecule has 142 valence electrons. The van der Waals surface area contributed by atoms with Crippen molar-refractivity contribution in [3.05, 3.63) is 58.7 Å². The van der Waals surface area contributed by atoms with Crippen LogP contribution in [0.25, 0.3) is 0 Å². The number of benzene rings is 2. The van der Waals surface area contributed by atoms with Crippen molar-refractivity contribution < 1.29 is 14.6 Å². The van der Waals surface area contributed by atoms with Gasteiger partial charge in [-0.3, -0.25) is 0 Å². The Kier molecular flexibility index (Phi) is 3.88. The number of aryl methyl sites for hydroxylation is 2. The standard InChI is InChI=1S/C22H26N2O3/c1-13-6-5-7-15(8-13)17-11-22(12-21(3,4)23-20(26)24-22)27-18-10-16(25)9-14(2)19(17)18/h5-10,17,25H,11-12H2,1-4H3,(H2,23,24,26). The summed E-state index contributed by atoms with van der Waals surface area (Å²) in [4.78, 5) is 12.3. The van der Waals surface area contributed by atoms with Gasteiger partial charge in [-0.1, -0.05) is 29.8 Å². The molecule has 2 amide bonds. The number of hydrogen-bond acceptors (Lipinski definition) is 3. The van der Waals surface area contributed by atoms with Gasteiger partial charge in [-0.15, -0.1) is 0 Å². The number of ether oxygens (including phenoxy) is 1. The third kappa shape index (κ3) is 3.22. The molecular weight excluding hydrogens is 340 g/mol. The molecule has 1 spiro atoms. The topological polar surface area (TPSA) is 70.6 Å². The molecule has 2 aromatic carbocycles. The molecule has 27 heavy (non-hydrogen) atoms. The first-order chi connectivity index (χ1) is 12.7. The van der Waals surface area contributed by atoms with Crippen LogP contribution in [0.15, 0.2) is 36.4 Å². The Labute approximate surface area is 159 Å².